The van der Waals surface area contributed by atoms with Crippen LogP contribution in [0.1, 0.15) is 42.5 Å². The Morgan fingerprint density at radius 3 is 2.13 bits per heavy atom. The van der Waals surface area contributed by atoms with Crippen molar-refractivity contribution in [2.24, 2.45) is 0 Å². The minimum Gasteiger partial charge on any atom is -0.352 e. The molecule has 4 rings (SSSR count). The molecule has 0 spiro atoms. The Hall–Kier alpha value is -4.14. The second-order valence-corrected chi connectivity index (χ2v) is 13.6. The Labute approximate surface area is 271 Å². The molecule has 4 aromatic rings. The van der Waals surface area contributed by atoms with Crippen molar-refractivity contribution >= 4 is 39.1 Å². The zero-order valence-electron chi connectivity index (χ0n) is 26.1. The summed E-state index contributed by atoms with van der Waals surface area (Å²) in [5.41, 5.74) is 3.70. The molecule has 2 amide bonds. The van der Waals surface area contributed by atoms with E-state index in [0.29, 0.717) is 22.7 Å². The van der Waals surface area contributed by atoms with Gasteiger partial charge in [0.1, 0.15) is 12.6 Å². The molecule has 9 heteroatoms. The predicted molar refractivity (Wildman–Crippen MR) is 181 cm³/mol. The van der Waals surface area contributed by atoms with Crippen LogP contribution in [0.4, 0.5) is 5.69 Å². The highest BCUT2D eigenvalue weighted by Crippen LogP contribution is 2.26. The summed E-state index contributed by atoms with van der Waals surface area (Å²) in [6.07, 6.45) is 0.951. The van der Waals surface area contributed by atoms with Crippen molar-refractivity contribution < 1.29 is 18.0 Å². The van der Waals surface area contributed by atoms with E-state index in [1.165, 1.54) is 4.90 Å². The summed E-state index contributed by atoms with van der Waals surface area (Å²) < 4.78 is 29.4. The molecule has 7 nitrogen and oxygen atoms in total. The number of nitrogens with one attached hydrogen (secondary N) is 1. The van der Waals surface area contributed by atoms with Crippen LogP contribution in [0.15, 0.2) is 108 Å². The van der Waals surface area contributed by atoms with E-state index in [1.54, 1.807) is 60.7 Å². The maximum Gasteiger partial charge on any atom is 0.264 e. The topological polar surface area (TPSA) is 86.8 Å². The lowest BCUT2D eigenvalue weighted by Crippen LogP contribution is -2.54. The lowest BCUT2D eigenvalue weighted by molar-refractivity contribution is -0.140. The molecule has 0 heterocycles. The first-order valence-corrected chi connectivity index (χ1v) is 16.8. The summed E-state index contributed by atoms with van der Waals surface area (Å²) in [6, 6.07) is 29.1. The Balaban J connectivity index is 1.81. The number of sulfonamides is 1. The number of rotatable bonds is 13. The van der Waals surface area contributed by atoms with Crippen molar-refractivity contribution in [2.75, 3.05) is 10.8 Å². The molecule has 0 aliphatic carbocycles. The van der Waals surface area contributed by atoms with Crippen LogP contribution >= 0.6 is 11.6 Å². The van der Waals surface area contributed by atoms with E-state index < -0.39 is 28.5 Å². The van der Waals surface area contributed by atoms with Gasteiger partial charge in [0.25, 0.3) is 10.0 Å². The number of hydrogen-bond acceptors (Lipinski definition) is 4. The fourth-order valence-corrected chi connectivity index (χ4v) is 6.60. The average molecular weight is 646 g/mol. The van der Waals surface area contributed by atoms with Gasteiger partial charge in [0, 0.05) is 24.0 Å². The maximum absolute atomic E-state index is 14.5. The molecule has 0 radical (unpaired) electrons. The van der Waals surface area contributed by atoms with Crippen LogP contribution in [0, 0.1) is 13.8 Å². The van der Waals surface area contributed by atoms with Crippen molar-refractivity contribution in [3.8, 4) is 0 Å². The van der Waals surface area contributed by atoms with Gasteiger partial charge in [0.15, 0.2) is 0 Å². The normalized spacial score (nSPS) is 12.6. The summed E-state index contributed by atoms with van der Waals surface area (Å²) in [6.45, 7) is 7.17. The highest BCUT2D eigenvalue weighted by atomic mass is 35.5. The first-order chi connectivity index (χ1) is 21.5. The van der Waals surface area contributed by atoms with Gasteiger partial charge in [-0.25, -0.2) is 8.42 Å². The van der Waals surface area contributed by atoms with Gasteiger partial charge in [-0.15, -0.1) is 0 Å². The second kappa shape index (κ2) is 15.2. The Morgan fingerprint density at radius 1 is 0.822 bits per heavy atom. The van der Waals surface area contributed by atoms with Crippen LogP contribution in [0.5, 0.6) is 0 Å². The molecule has 0 unspecified atom stereocenters. The first-order valence-electron chi connectivity index (χ1n) is 15.0. The number of carbonyl (C=O) groups is 2. The van der Waals surface area contributed by atoms with Crippen LogP contribution in [0.25, 0.3) is 0 Å². The van der Waals surface area contributed by atoms with E-state index in [9.17, 15) is 18.0 Å². The summed E-state index contributed by atoms with van der Waals surface area (Å²) in [5.74, 6) is -0.834. The molecule has 0 fully saturated rings. The lowest BCUT2D eigenvalue weighted by atomic mass is 10.0. The van der Waals surface area contributed by atoms with Crippen LogP contribution in [-0.2, 0) is 32.6 Å². The average Bonchev–Trinajstić information content (AvgIpc) is 3.02. The van der Waals surface area contributed by atoms with Gasteiger partial charge < -0.3 is 10.2 Å². The molecule has 0 aromatic heterocycles. The minimum absolute atomic E-state index is 0.0526. The molecule has 1 N–H and O–H groups in total. The number of hydrogen-bond donors (Lipinski definition) is 1. The third kappa shape index (κ3) is 8.96. The molecule has 0 saturated carbocycles. The van der Waals surface area contributed by atoms with Gasteiger partial charge >= 0.3 is 0 Å². The fourth-order valence-electron chi connectivity index (χ4n) is 4.98. The van der Waals surface area contributed by atoms with Crippen LogP contribution in [0.2, 0.25) is 5.02 Å². The molecule has 4 aromatic carbocycles. The van der Waals surface area contributed by atoms with Gasteiger partial charge in [-0.3, -0.25) is 13.9 Å². The van der Waals surface area contributed by atoms with Crippen molar-refractivity contribution in [1.29, 1.82) is 0 Å². The van der Waals surface area contributed by atoms with E-state index in [-0.39, 0.29) is 29.8 Å². The molecule has 0 aliphatic rings. The van der Waals surface area contributed by atoms with Crippen LogP contribution in [0.3, 0.4) is 0 Å². The molecule has 2 atom stereocenters. The third-order valence-corrected chi connectivity index (χ3v) is 9.71. The van der Waals surface area contributed by atoms with E-state index in [0.717, 1.165) is 21.0 Å². The van der Waals surface area contributed by atoms with E-state index >= 15 is 0 Å². The van der Waals surface area contributed by atoms with Gasteiger partial charge in [0.05, 0.1) is 10.6 Å². The van der Waals surface area contributed by atoms with E-state index in [2.05, 4.69) is 5.32 Å². The number of amides is 2. The van der Waals surface area contributed by atoms with Crippen molar-refractivity contribution in [1.82, 2.24) is 10.2 Å². The third-order valence-electron chi connectivity index (χ3n) is 7.69. The lowest BCUT2D eigenvalue weighted by Gasteiger charge is -2.34. The summed E-state index contributed by atoms with van der Waals surface area (Å²) in [7, 11) is -4.16. The van der Waals surface area contributed by atoms with Gasteiger partial charge in [-0.05, 0) is 80.3 Å². The molecule has 0 aliphatic heterocycles. The van der Waals surface area contributed by atoms with Gasteiger partial charge in [-0.2, -0.15) is 0 Å². The monoisotopic (exact) mass is 645 g/mol. The van der Waals surface area contributed by atoms with Crippen LogP contribution in [-0.4, -0.2) is 43.8 Å². The molecule has 0 saturated heterocycles. The number of anilines is 1. The van der Waals surface area contributed by atoms with Gasteiger partial charge in [0.2, 0.25) is 11.8 Å². The quantitative estimate of drug-likeness (QED) is 0.175. The Morgan fingerprint density at radius 2 is 1.49 bits per heavy atom. The van der Waals surface area contributed by atoms with Crippen molar-refractivity contribution in [2.45, 2.75) is 64.1 Å². The number of benzene rings is 4. The number of carbonyl (C=O) groups excluding carboxylic acids is 2. The standard InChI is InChI=1S/C36H40ClN3O4S/c1-5-28(4)38-36(42)34(23-29-12-7-6-8-13-29)39(24-30-14-10-15-31(37)22-30)35(41)25-40(32-16-9-11-27(3)21-32)45(43,44)33-19-17-26(2)18-20-33/h6-22,28,34H,5,23-25H2,1-4H3,(H,38,42)/t28-,34-/m0/s1. The first kappa shape index (κ1) is 33.7. The second-order valence-electron chi connectivity index (χ2n) is 11.3. The Kier molecular flexibility index (Phi) is 11.4. The Bertz CT molecular complexity index is 1710. The van der Waals surface area contributed by atoms with Crippen molar-refractivity contribution in [3.63, 3.8) is 0 Å². The summed E-state index contributed by atoms with van der Waals surface area (Å²) >= 11 is 6.32. The zero-order valence-corrected chi connectivity index (χ0v) is 27.7. The summed E-state index contributed by atoms with van der Waals surface area (Å²) in [5, 5.41) is 3.54. The van der Waals surface area contributed by atoms with Gasteiger partial charge in [-0.1, -0.05) is 90.8 Å². The minimum atomic E-state index is -4.16. The largest absolute Gasteiger partial charge is 0.352 e. The maximum atomic E-state index is 14.5. The highest BCUT2D eigenvalue weighted by Gasteiger charge is 2.35. The molecular weight excluding hydrogens is 606 g/mol. The number of halogens is 1. The zero-order chi connectivity index (χ0) is 32.6. The SMILES string of the molecule is CC[C@H](C)NC(=O)[C@H](Cc1ccccc1)N(Cc1cccc(Cl)c1)C(=O)CN(c1cccc(C)c1)S(=O)(=O)c1ccc(C)cc1. The van der Waals surface area contributed by atoms with E-state index in [1.807, 2.05) is 70.2 Å². The van der Waals surface area contributed by atoms with E-state index in [4.69, 9.17) is 11.6 Å². The summed E-state index contributed by atoms with van der Waals surface area (Å²) in [4.78, 5) is 30.0. The predicted octanol–water partition coefficient (Wildman–Crippen LogP) is 6.71. The molecule has 0 bridgehead atoms. The molecule has 45 heavy (non-hydrogen) atoms. The van der Waals surface area contributed by atoms with Crippen molar-refractivity contribution in [3.05, 3.63) is 130 Å². The highest BCUT2D eigenvalue weighted by molar-refractivity contribution is 7.92. The van der Waals surface area contributed by atoms with Crippen LogP contribution < -0.4 is 9.62 Å². The molecule has 236 valence electrons. The fraction of sp³-hybridized carbons (Fsp3) is 0.278. The number of aryl methyl sites for hydroxylation is 2. The smallest absolute Gasteiger partial charge is 0.264 e. The number of nitrogens with zero attached hydrogens (tertiary/aromatic N) is 2. The molecular formula is C36H40ClN3O4S.